The van der Waals surface area contributed by atoms with Crippen LogP contribution in [0, 0.1) is 5.92 Å². The molecular formula is C14H22N2O3S. The Kier molecular flexibility index (Phi) is 5.01. The highest BCUT2D eigenvalue weighted by atomic mass is 32.2. The number of ether oxygens (including phenoxy) is 1. The van der Waals surface area contributed by atoms with Crippen molar-refractivity contribution in [3.05, 3.63) is 24.3 Å². The van der Waals surface area contributed by atoms with Gasteiger partial charge in [-0.15, -0.1) is 0 Å². The topological polar surface area (TPSA) is 67.4 Å². The fraction of sp³-hybridized carbons (Fsp3) is 0.571. The van der Waals surface area contributed by atoms with Crippen molar-refractivity contribution in [2.24, 2.45) is 5.92 Å². The molecule has 1 aromatic rings. The predicted molar refractivity (Wildman–Crippen MR) is 78.4 cm³/mol. The summed E-state index contributed by atoms with van der Waals surface area (Å²) in [5.74, 6) is 0.833. The molecule has 2 N–H and O–H groups in total. The Labute approximate surface area is 120 Å². The lowest BCUT2D eigenvalue weighted by atomic mass is 9.97. The zero-order valence-electron chi connectivity index (χ0n) is 11.9. The third-order valence-electron chi connectivity index (χ3n) is 3.51. The average molecular weight is 298 g/mol. The van der Waals surface area contributed by atoms with Crippen LogP contribution in [0.15, 0.2) is 29.2 Å². The van der Waals surface area contributed by atoms with Crippen molar-refractivity contribution < 1.29 is 13.2 Å². The van der Waals surface area contributed by atoms with Crippen molar-refractivity contribution in [3.63, 3.8) is 0 Å². The minimum atomic E-state index is -3.50. The van der Waals surface area contributed by atoms with Gasteiger partial charge in [-0.25, -0.2) is 13.1 Å². The quantitative estimate of drug-likeness (QED) is 0.861. The molecule has 1 saturated heterocycles. The van der Waals surface area contributed by atoms with E-state index in [4.69, 9.17) is 4.74 Å². The summed E-state index contributed by atoms with van der Waals surface area (Å²) in [5.41, 5.74) is 0. The molecule has 1 fully saturated rings. The van der Waals surface area contributed by atoms with Gasteiger partial charge < -0.3 is 10.1 Å². The summed E-state index contributed by atoms with van der Waals surface area (Å²) < 4.78 is 32.8. The average Bonchev–Trinajstić information content (AvgIpc) is 2.42. The van der Waals surface area contributed by atoms with E-state index in [-0.39, 0.29) is 11.0 Å². The van der Waals surface area contributed by atoms with Crippen molar-refractivity contribution in [2.45, 2.75) is 31.3 Å². The number of hydrogen-bond donors (Lipinski definition) is 2. The summed E-state index contributed by atoms with van der Waals surface area (Å²) >= 11 is 0. The van der Waals surface area contributed by atoms with Crippen molar-refractivity contribution in [3.8, 4) is 5.75 Å². The van der Waals surface area contributed by atoms with Crippen molar-refractivity contribution in [1.82, 2.24) is 10.0 Å². The molecule has 0 aromatic heterocycles. The highest BCUT2D eigenvalue weighted by Gasteiger charge is 2.25. The molecule has 6 heteroatoms. The molecule has 2 atom stereocenters. The van der Waals surface area contributed by atoms with Gasteiger partial charge in [-0.1, -0.05) is 26.0 Å². The van der Waals surface area contributed by atoms with Gasteiger partial charge in [-0.2, -0.15) is 0 Å². The van der Waals surface area contributed by atoms with Crippen LogP contribution in [0.1, 0.15) is 20.3 Å². The van der Waals surface area contributed by atoms with E-state index in [2.05, 4.69) is 17.0 Å². The summed E-state index contributed by atoms with van der Waals surface area (Å²) in [6, 6.07) is 6.79. The zero-order chi connectivity index (χ0) is 14.6. The van der Waals surface area contributed by atoms with E-state index in [1.165, 1.54) is 0 Å². The molecule has 20 heavy (non-hydrogen) atoms. The third kappa shape index (κ3) is 3.50. The normalized spacial score (nSPS) is 23.5. The first-order chi connectivity index (χ1) is 9.54. The van der Waals surface area contributed by atoms with Gasteiger partial charge in [0.05, 0.1) is 0 Å². The highest BCUT2D eigenvalue weighted by molar-refractivity contribution is 7.89. The van der Waals surface area contributed by atoms with Gasteiger partial charge in [-0.3, -0.25) is 0 Å². The Balaban J connectivity index is 2.24. The Morgan fingerprint density at radius 3 is 2.85 bits per heavy atom. The third-order valence-corrected chi connectivity index (χ3v) is 5.09. The summed E-state index contributed by atoms with van der Waals surface area (Å²) in [4.78, 5) is 0.208. The van der Waals surface area contributed by atoms with E-state index in [1.54, 1.807) is 31.2 Å². The summed E-state index contributed by atoms with van der Waals surface area (Å²) in [6.45, 7) is 5.98. The van der Waals surface area contributed by atoms with Crippen LogP contribution < -0.4 is 14.8 Å². The Morgan fingerprint density at radius 1 is 1.40 bits per heavy atom. The minimum Gasteiger partial charge on any atom is -0.487 e. The Bertz CT molecular complexity index is 545. The van der Waals surface area contributed by atoms with Gasteiger partial charge in [-0.05, 0) is 31.0 Å². The van der Waals surface area contributed by atoms with Gasteiger partial charge in [0.15, 0.2) is 0 Å². The first-order valence-electron chi connectivity index (χ1n) is 7.00. The molecule has 0 amide bonds. The molecule has 5 nitrogen and oxygen atoms in total. The maximum Gasteiger partial charge on any atom is 0.244 e. The van der Waals surface area contributed by atoms with Crippen molar-refractivity contribution in [2.75, 3.05) is 19.6 Å². The van der Waals surface area contributed by atoms with Crippen LogP contribution in [-0.4, -0.2) is 34.2 Å². The van der Waals surface area contributed by atoms with Gasteiger partial charge in [0, 0.05) is 13.1 Å². The SMILES string of the molecule is CCNS(=O)(=O)c1ccccc1OC1CNCCC1C. The molecule has 0 bridgehead atoms. The number of nitrogens with one attached hydrogen (secondary N) is 2. The molecule has 1 aromatic carbocycles. The molecule has 112 valence electrons. The van der Waals surface area contributed by atoms with Crippen LogP contribution in [0.25, 0.3) is 0 Å². The van der Waals surface area contributed by atoms with Gasteiger partial charge in [0.25, 0.3) is 0 Å². The number of piperidine rings is 1. The molecular weight excluding hydrogens is 276 g/mol. The van der Waals surface area contributed by atoms with Crippen LogP contribution in [0.4, 0.5) is 0 Å². The second kappa shape index (κ2) is 6.56. The number of benzene rings is 1. The van der Waals surface area contributed by atoms with E-state index < -0.39 is 10.0 Å². The van der Waals surface area contributed by atoms with E-state index in [0.717, 1.165) is 19.5 Å². The molecule has 0 spiro atoms. The Hall–Kier alpha value is -1.11. The number of rotatable bonds is 5. The second-order valence-electron chi connectivity index (χ2n) is 5.07. The van der Waals surface area contributed by atoms with Gasteiger partial charge in [0.1, 0.15) is 16.7 Å². The lowest BCUT2D eigenvalue weighted by molar-refractivity contribution is 0.111. The first kappa shape index (κ1) is 15.3. The number of para-hydroxylation sites is 1. The van der Waals surface area contributed by atoms with Crippen LogP contribution in [0.2, 0.25) is 0 Å². The summed E-state index contributed by atoms with van der Waals surface area (Å²) in [6.07, 6.45) is 1.04. The monoisotopic (exact) mass is 298 g/mol. The van der Waals surface area contributed by atoms with E-state index >= 15 is 0 Å². The van der Waals surface area contributed by atoms with E-state index in [9.17, 15) is 8.42 Å². The fourth-order valence-electron chi connectivity index (χ4n) is 2.32. The molecule has 0 radical (unpaired) electrons. The lowest BCUT2D eigenvalue weighted by Crippen LogP contribution is -2.43. The maximum absolute atomic E-state index is 12.2. The summed E-state index contributed by atoms with van der Waals surface area (Å²) in [7, 11) is -3.50. The standard InChI is InChI=1S/C14H22N2O3S/c1-3-16-20(17,18)14-7-5-4-6-12(14)19-13-10-15-9-8-11(13)2/h4-7,11,13,15-16H,3,8-10H2,1-2H3. The molecule has 1 heterocycles. The van der Waals surface area contributed by atoms with Crippen LogP contribution >= 0.6 is 0 Å². The van der Waals surface area contributed by atoms with E-state index in [1.807, 2.05) is 0 Å². The van der Waals surface area contributed by atoms with Crippen molar-refractivity contribution in [1.29, 1.82) is 0 Å². The largest absolute Gasteiger partial charge is 0.487 e. The van der Waals surface area contributed by atoms with Crippen LogP contribution in [0.5, 0.6) is 5.75 Å². The van der Waals surface area contributed by atoms with E-state index in [0.29, 0.717) is 18.2 Å². The Morgan fingerprint density at radius 2 is 2.15 bits per heavy atom. The zero-order valence-corrected chi connectivity index (χ0v) is 12.7. The molecule has 2 rings (SSSR count). The molecule has 0 saturated carbocycles. The van der Waals surface area contributed by atoms with Gasteiger partial charge in [0.2, 0.25) is 10.0 Å². The van der Waals surface area contributed by atoms with Gasteiger partial charge >= 0.3 is 0 Å². The second-order valence-corrected chi connectivity index (χ2v) is 6.81. The minimum absolute atomic E-state index is 0.00160. The lowest BCUT2D eigenvalue weighted by Gasteiger charge is -2.30. The molecule has 0 aliphatic carbocycles. The molecule has 1 aliphatic heterocycles. The van der Waals surface area contributed by atoms with Crippen LogP contribution in [-0.2, 0) is 10.0 Å². The summed E-state index contributed by atoms with van der Waals surface area (Å²) in [5, 5.41) is 3.28. The fourth-order valence-corrected chi connectivity index (χ4v) is 3.49. The molecule has 1 aliphatic rings. The maximum atomic E-state index is 12.2. The number of hydrogen-bond acceptors (Lipinski definition) is 4. The number of sulfonamides is 1. The van der Waals surface area contributed by atoms with Crippen molar-refractivity contribution >= 4 is 10.0 Å². The predicted octanol–water partition coefficient (Wildman–Crippen LogP) is 1.36. The highest BCUT2D eigenvalue weighted by Crippen LogP contribution is 2.26. The first-order valence-corrected chi connectivity index (χ1v) is 8.49. The smallest absolute Gasteiger partial charge is 0.244 e. The molecule has 2 unspecified atom stereocenters. The van der Waals surface area contributed by atoms with Crippen LogP contribution in [0.3, 0.4) is 0 Å².